The summed E-state index contributed by atoms with van der Waals surface area (Å²) in [5.74, 6) is -1.87. The first-order valence-electron chi connectivity index (χ1n) is 7.26. The summed E-state index contributed by atoms with van der Waals surface area (Å²) in [6, 6.07) is 6.99. The molecule has 0 aliphatic carbocycles. The molecule has 0 fully saturated rings. The number of aliphatic carboxylic acids is 1. The quantitative estimate of drug-likeness (QED) is 0.887. The van der Waals surface area contributed by atoms with E-state index in [1.165, 1.54) is 27.8 Å². The smallest absolute Gasteiger partial charge is 0.323 e. The standard InChI is InChI=1S/C16H18FN3O3/c1-3-11(2)19(10-15(21)22)16(23)14-8-9-20(18-14)13-6-4-12(17)5-7-13/h4-9,11H,3,10H2,1-2H3,(H,21,22). The highest BCUT2D eigenvalue weighted by Crippen LogP contribution is 2.12. The van der Waals surface area contributed by atoms with Gasteiger partial charge in [-0.25, -0.2) is 9.07 Å². The third-order valence-electron chi connectivity index (χ3n) is 3.59. The van der Waals surface area contributed by atoms with E-state index >= 15 is 0 Å². The zero-order valence-electron chi connectivity index (χ0n) is 12.9. The van der Waals surface area contributed by atoms with Crippen LogP contribution >= 0.6 is 0 Å². The number of hydrogen-bond acceptors (Lipinski definition) is 3. The van der Waals surface area contributed by atoms with Crippen molar-refractivity contribution in [3.8, 4) is 5.69 Å². The first kappa shape index (κ1) is 16.7. The second kappa shape index (κ2) is 7.04. The van der Waals surface area contributed by atoms with Crippen molar-refractivity contribution in [2.24, 2.45) is 0 Å². The van der Waals surface area contributed by atoms with Crippen molar-refractivity contribution in [2.75, 3.05) is 6.54 Å². The molecule has 1 N–H and O–H groups in total. The van der Waals surface area contributed by atoms with Crippen molar-refractivity contribution in [3.63, 3.8) is 0 Å². The van der Waals surface area contributed by atoms with Gasteiger partial charge in [-0.15, -0.1) is 0 Å². The van der Waals surface area contributed by atoms with Crippen LogP contribution in [0, 0.1) is 5.82 Å². The van der Waals surface area contributed by atoms with Crippen LogP contribution in [0.2, 0.25) is 0 Å². The minimum Gasteiger partial charge on any atom is -0.480 e. The third-order valence-corrected chi connectivity index (χ3v) is 3.59. The summed E-state index contributed by atoms with van der Waals surface area (Å²) in [6.07, 6.45) is 2.22. The number of aromatic nitrogens is 2. The summed E-state index contributed by atoms with van der Waals surface area (Å²) in [6.45, 7) is 3.29. The lowest BCUT2D eigenvalue weighted by Crippen LogP contribution is -2.42. The molecule has 1 aromatic heterocycles. The minimum absolute atomic E-state index is 0.149. The highest BCUT2D eigenvalue weighted by atomic mass is 19.1. The van der Waals surface area contributed by atoms with Gasteiger partial charge in [0.2, 0.25) is 0 Å². The summed E-state index contributed by atoms with van der Waals surface area (Å²) in [7, 11) is 0. The van der Waals surface area contributed by atoms with Crippen LogP contribution in [-0.4, -0.2) is 44.3 Å². The predicted molar refractivity (Wildman–Crippen MR) is 81.9 cm³/mol. The van der Waals surface area contributed by atoms with E-state index in [2.05, 4.69) is 5.10 Å². The second-order valence-electron chi connectivity index (χ2n) is 5.21. The van der Waals surface area contributed by atoms with E-state index in [9.17, 15) is 14.0 Å². The van der Waals surface area contributed by atoms with Gasteiger partial charge in [0.1, 0.15) is 12.4 Å². The minimum atomic E-state index is -1.07. The van der Waals surface area contributed by atoms with Crippen molar-refractivity contribution in [2.45, 2.75) is 26.3 Å². The van der Waals surface area contributed by atoms with Crippen molar-refractivity contribution in [1.82, 2.24) is 14.7 Å². The number of rotatable bonds is 6. The van der Waals surface area contributed by atoms with E-state index in [0.29, 0.717) is 12.1 Å². The SMILES string of the molecule is CCC(C)N(CC(=O)O)C(=O)c1ccn(-c2ccc(F)cc2)n1. The average Bonchev–Trinajstić information content (AvgIpc) is 3.01. The molecule has 0 radical (unpaired) electrons. The van der Waals surface area contributed by atoms with Gasteiger partial charge in [0.05, 0.1) is 5.69 Å². The summed E-state index contributed by atoms with van der Waals surface area (Å²) in [4.78, 5) is 24.8. The maximum atomic E-state index is 12.9. The predicted octanol–water partition coefficient (Wildman–Crippen LogP) is 2.34. The van der Waals surface area contributed by atoms with E-state index in [0.717, 1.165) is 0 Å². The molecule has 122 valence electrons. The van der Waals surface area contributed by atoms with Crippen LogP contribution in [0.4, 0.5) is 4.39 Å². The molecule has 1 unspecified atom stereocenters. The maximum Gasteiger partial charge on any atom is 0.323 e. The fourth-order valence-corrected chi connectivity index (χ4v) is 2.12. The fraction of sp³-hybridized carbons (Fsp3) is 0.312. The van der Waals surface area contributed by atoms with Crippen LogP contribution in [-0.2, 0) is 4.79 Å². The summed E-state index contributed by atoms with van der Waals surface area (Å²) >= 11 is 0. The fourth-order valence-electron chi connectivity index (χ4n) is 2.12. The molecular weight excluding hydrogens is 301 g/mol. The number of amides is 1. The lowest BCUT2D eigenvalue weighted by molar-refractivity contribution is -0.138. The Labute approximate surface area is 133 Å². The van der Waals surface area contributed by atoms with Gasteiger partial charge in [-0.05, 0) is 43.7 Å². The Balaban J connectivity index is 2.25. The molecule has 0 aliphatic rings. The zero-order chi connectivity index (χ0) is 17.0. The number of carbonyl (C=O) groups is 2. The van der Waals surface area contributed by atoms with Gasteiger partial charge in [0.25, 0.3) is 5.91 Å². The van der Waals surface area contributed by atoms with E-state index < -0.39 is 11.9 Å². The van der Waals surface area contributed by atoms with E-state index in [4.69, 9.17) is 5.11 Å². The van der Waals surface area contributed by atoms with E-state index in [1.54, 1.807) is 25.3 Å². The summed E-state index contributed by atoms with van der Waals surface area (Å²) in [5.41, 5.74) is 0.759. The Kier molecular flexibility index (Phi) is 5.10. The molecule has 0 saturated heterocycles. The van der Waals surface area contributed by atoms with Crippen LogP contribution in [0.3, 0.4) is 0 Å². The molecule has 7 heteroatoms. The Hall–Kier alpha value is -2.70. The summed E-state index contributed by atoms with van der Waals surface area (Å²) < 4.78 is 14.4. The highest BCUT2D eigenvalue weighted by Gasteiger charge is 2.24. The first-order chi connectivity index (χ1) is 10.9. The molecule has 1 heterocycles. The van der Waals surface area contributed by atoms with Gasteiger partial charge < -0.3 is 10.0 Å². The van der Waals surface area contributed by atoms with Gasteiger partial charge >= 0.3 is 5.97 Å². The van der Waals surface area contributed by atoms with Crippen LogP contribution in [0.15, 0.2) is 36.5 Å². The molecule has 0 saturated carbocycles. The van der Waals surface area contributed by atoms with Crippen LogP contribution in [0.1, 0.15) is 30.8 Å². The topological polar surface area (TPSA) is 75.4 Å². The van der Waals surface area contributed by atoms with Crippen molar-refractivity contribution < 1.29 is 19.1 Å². The molecule has 0 spiro atoms. The monoisotopic (exact) mass is 319 g/mol. The van der Waals surface area contributed by atoms with Gasteiger partial charge in [-0.1, -0.05) is 6.92 Å². The number of hydrogen-bond donors (Lipinski definition) is 1. The molecule has 0 bridgehead atoms. The maximum absolute atomic E-state index is 12.9. The van der Waals surface area contributed by atoms with Crippen molar-refractivity contribution >= 4 is 11.9 Å². The largest absolute Gasteiger partial charge is 0.480 e. The Morgan fingerprint density at radius 1 is 1.30 bits per heavy atom. The number of halogens is 1. The van der Waals surface area contributed by atoms with Crippen LogP contribution < -0.4 is 0 Å². The molecule has 2 aromatic rings. The average molecular weight is 319 g/mol. The highest BCUT2D eigenvalue weighted by molar-refractivity contribution is 5.94. The molecule has 2 rings (SSSR count). The van der Waals surface area contributed by atoms with E-state index in [-0.39, 0.29) is 24.1 Å². The number of carbonyl (C=O) groups excluding carboxylic acids is 1. The molecule has 23 heavy (non-hydrogen) atoms. The Bertz CT molecular complexity index is 697. The van der Waals surface area contributed by atoms with Crippen molar-refractivity contribution in [1.29, 1.82) is 0 Å². The number of carboxylic acid groups (broad SMARTS) is 1. The van der Waals surface area contributed by atoms with Gasteiger partial charge in [-0.2, -0.15) is 5.10 Å². The van der Waals surface area contributed by atoms with Gasteiger partial charge in [0.15, 0.2) is 5.69 Å². The lowest BCUT2D eigenvalue weighted by Gasteiger charge is -2.26. The first-order valence-corrected chi connectivity index (χ1v) is 7.26. The lowest BCUT2D eigenvalue weighted by atomic mass is 10.2. The normalized spacial score (nSPS) is 12.0. The van der Waals surface area contributed by atoms with Gasteiger partial charge in [0, 0.05) is 12.2 Å². The Morgan fingerprint density at radius 2 is 1.96 bits per heavy atom. The number of nitrogens with zero attached hydrogens (tertiary/aromatic N) is 3. The van der Waals surface area contributed by atoms with Crippen LogP contribution in [0.5, 0.6) is 0 Å². The van der Waals surface area contributed by atoms with Gasteiger partial charge in [-0.3, -0.25) is 9.59 Å². The Morgan fingerprint density at radius 3 is 2.52 bits per heavy atom. The van der Waals surface area contributed by atoms with Crippen molar-refractivity contribution in [3.05, 3.63) is 48.0 Å². The second-order valence-corrected chi connectivity index (χ2v) is 5.21. The number of carboxylic acids is 1. The molecule has 1 amide bonds. The zero-order valence-corrected chi connectivity index (χ0v) is 12.9. The summed E-state index contributed by atoms with van der Waals surface area (Å²) in [5, 5.41) is 13.1. The van der Waals surface area contributed by atoms with Crippen LogP contribution in [0.25, 0.3) is 5.69 Å². The molecular formula is C16H18FN3O3. The number of benzene rings is 1. The molecule has 0 aliphatic heterocycles. The molecule has 1 atom stereocenters. The molecule has 1 aromatic carbocycles. The van der Waals surface area contributed by atoms with E-state index in [1.807, 2.05) is 6.92 Å². The molecule has 6 nitrogen and oxygen atoms in total. The third kappa shape index (κ3) is 3.94.